The van der Waals surface area contributed by atoms with E-state index in [1.165, 1.54) is 42.5 Å². The van der Waals surface area contributed by atoms with Gasteiger partial charge in [0, 0.05) is 27.2 Å². The molecule has 5 rings (SSSR count). The van der Waals surface area contributed by atoms with E-state index >= 15 is 0 Å². The number of alkyl halides is 3. The average Bonchev–Trinajstić information content (AvgIpc) is 2.82. The van der Waals surface area contributed by atoms with Crippen LogP contribution in [-0.4, -0.2) is 6.79 Å². The van der Waals surface area contributed by atoms with Crippen LogP contribution >= 0.6 is 23.2 Å². The zero-order valence-corrected chi connectivity index (χ0v) is 19.3. The van der Waals surface area contributed by atoms with Crippen molar-refractivity contribution in [2.75, 3.05) is 6.79 Å². The first-order valence-electron chi connectivity index (χ1n) is 10.3. The van der Waals surface area contributed by atoms with Crippen molar-refractivity contribution in [2.24, 2.45) is 0 Å². The first kappa shape index (κ1) is 23.5. The van der Waals surface area contributed by atoms with Crippen LogP contribution in [-0.2, 0) is 24.1 Å². The lowest BCUT2D eigenvalue weighted by atomic mass is 10.0. The molecular weight excluding hydrogens is 508 g/mol. The summed E-state index contributed by atoms with van der Waals surface area (Å²) in [6.45, 7) is 0.437. The Hall–Kier alpha value is -3.20. The third-order valence-corrected chi connectivity index (χ3v) is 5.87. The van der Waals surface area contributed by atoms with Gasteiger partial charge in [-0.15, -0.1) is 0 Å². The van der Waals surface area contributed by atoms with E-state index in [2.05, 4.69) is 0 Å². The largest absolute Gasteiger partial charge is 0.489 e. The van der Waals surface area contributed by atoms with Gasteiger partial charge < -0.3 is 18.6 Å². The molecule has 10 heteroatoms. The van der Waals surface area contributed by atoms with Gasteiger partial charge in [-0.2, -0.15) is 13.2 Å². The summed E-state index contributed by atoms with van der Waals surface area (Å²) in [5.41, 5.74) is -0.199. The molecule has 0 fully saturated rings. The van der Waals surface area contributed by atoms with E-state index in [-0.39, 0.29) is 35.7 Å². The van der Waals surface area contributed by atoms with Gasteiger partial charge in [0.25, 0.3) is 0 Å². The molecule has 1 aromatic heterocycles. The molecule has 0 amide bonds. The topological polar surface area (TPSA) is 57.9 Å². The summed E-state index contributed by atoms with van der Waals surface area (Å²) in [5.74, 6) is -0.611. The minimum Gasteiger partial charge on any atom is -0.489 e. The van der Waals surface area contributed by atoms with Gasteiger partial charge in [0.2, 0.25) is 11.2 Å². The Bertz CT molecular complexity index is 1480. The molecule has 0 aliphatic carbocycles. The van der Waals surface area contributed by atoms with Gasteiger partial charge in [0.15, 0.2) is 6.79 Å². The summed E-state index contributed by atoms with van der Waals surface area (Å²) in [7, 11) is 0. The third kappa shape index (κ3) is 4.69. The maximum Gasteiger partial charge on any atom is 0.450 e. The second kappa shape index (κ2) is 9.11. The lowest BCUT2D eigenvalue weighted by molar-refractivity contribution is -0.152. The summed E-state index contributed by atoms with van der Waals surface area (Å²) in [5, 5.41) is 0.773. The van der Waals surface area contributed by atoms with Crippen LogP contribution in [0.5, 0.6) is 11.5 Å². The van der Waals surface area contributed by atoms with Crippen LogP contribution in [0.2, 0.25) is 10.0 Å². The van der Waals surface area contributed by atoms with Gasteiger partial charge in [-0.1, -0.05) is 35.3 Å². The molecule has 4 aromatic rings. The van der Waals surface area contributed by atoms with Gasteiger partial charge in [-0.3, -0.25) is 4.79 Å². The van der Waals surface area contributed by atoms with Crippen LogP contribution in [0.1, 0.15) is 16.9 Å². The Morgan fingerprint density at radius 3 is 2.49 bits per heavy atom. The Balaban J connectivity index is 1.53. The monoisotopic (exact) mass is 522 g/mol. The lowest BCUT2D eigenvalue weighted by Crippen LogP contribution is -2.16. The Kier molecular flexibility index (Phi) is 6.13. The Labute approximate surface area is 206 Å². The Morgan fingerprint density at radius 1 is 0.971 bits per heavy atom. The molecule has 0 saturated carbocycles. The molecule has 0 saturated heterocycles. The van der Waals surface area contributed by atoms with E-state index in [4.69, 9.17) is 41.8 Å². The van der Waals surface area contributed by atoms with E-state index in [1.54, 1.807) is 12.1 Å². The fourth-order valence-corrected chi connectivity index (χ4v) is 4.26. The quantitative estimate of drug-likeness (QED) is 0.283. The van der Waals surface area contributed by atoms with Crippen molar-refractivity contribution in [2.45, 2.75) is 19.4 Å². The van der Waals surface area contributed by atoms with Crippen LogP contribution < -0.4 is 14.9 Å². The second-order valence-electron chi connectivity index (χ2n) is 7.75. The van der Waals surface area contributed by atoms with Crippen LogP contribution in [0.4, 0.5) is 13.2 Å². The van der Waals surface area contributed by atoms with Crippen LogP contribution in [0.15, 0.2) is 63.8 Å². The van der Waals surface area contributed by atoms with Gasteiger partial charge in [0.1, 0.15) is 23.7 Å². The summed E-state index contributed by atoms with van der Waals surface area (Å²) in [4.78, 5) is 13.1. The zero-order valence-electron chi connectivity index (χ0n) is 17.7. The molecule has 5 nitrogen and oxygen atoms in total. The van der Waals surface area contributed by atoms with E-state index in [9.17, 15) is 18.0 Å². The highest BCUT2D eigenvalue weighted by Crippen LogP contribution is 2.38. The lowest BCUT2D eigenvalue weighted by Gasteiger charge is -2.21. The molecular formula is C25H15Cl2F3O5. The minimum atomic E-state index is -4.90. The van der Waals surface area contributed by atoms with E-state index in [0.717, 1.165) is 5.56 Å². The average molecular weight is 523 g/mol. The fraction of sp³-hybridized carbons (Fsp3) is 0.160. The Morgan fingerprint density at radius 2 is 1.74 bits per heavy atom. The molecule has 180 valence electrons. The number of fused-ring (bicyclic) bond motifs is 2. The fourth-order valence-electron chi connectivity index (χ4n) is 3.87. The van der Waals surface area contributed by atoms with Crippen molar-refractivity contribution in [3.8, 4) is 22.6 Å². The molecule has 0 N–H and O–H groups in total. The van der Waals surface area contributed by atoms with Gasteiger partial charge in [-0.05, 0) is 42.0 Å². The zero-order chi connectivity index (χ0) is 24.7. The van der Waals surface area contributed by atoms with Crippen molar-refractivity contribution in [1.82, 2.24) is 0 Å². The van der Waals surface area contributed by atoms with Crippen molar-refractivity contribution < 1.29 is 31.8 Å². The summed E-state index contributed by atoms with van der Waals surface area (Å²) in [6, 6.07) is 13.0. The number of rotatable bonds is 4. The van der Waals surface area contributed by atoms with Crippen LogP contribution in [0, 0.1) is 0 Å². The predicted molar refractivity (Wildman–Crippen MR) is 124 cm³/mol. The van der Waals surface area contributed by atoms with Crippen molar-refractivity contribution in [1.29, 1.82) is 0 Å². The molecule has 3 aromatic carbocycles. The number of hydrogen-bond acceptors (Lipinski definition) is 5. The molecule has 0 unspecified atom stereocenters. The van der Waals surface area contributed by atoms with E-state index in [1.807, 2.05) is 0 Å². The number of benzene rings is 3. The molecule has 0 bridgehead atoms. The van der Waals surface area contributed by atoms with Gasteiger partial charge in [-0.25, -0.2) is 0 Å². The maximum atomic E-state index is 13.9. The van der Waals surface area contributed by atoms with E-state index in [0.29, 0.717) is 28.0 Å². The first-order valence-corrected chi connectivity index (χ1v) is 11.0. The van der Waals surface area contributed by atoms with Crippen LogP contribution in [0.3, 0.4) is 0 Å². The van der Waals surface area contributed by atoms with Gasteiger partial charge in [0.05, 0.1) is 17.6 Å². The third-order valence-electron chi connectivity index (χ3n) is 5.40. The summed E-state index contributed by atoms with van der Waals surface area (Å²) >= 11 is 12.0. The normalized spacial score (nSPS) is 13.4. The molecule has 2 heterocycles. The number of hydrogen-bond donors (Lipinski definition) is 0. The van der Waals surface area contributed by atoms with Crippen molar-refractivity contribution >= 4 is 34.2 Å². The van der Waals surface area contributed by atoms with Crippen LogP contribution in [0.25, 0.3) is 22.1 Å². The van der Waals surface area contributed by atoms with E-state index < -0.39 is 22.9 Å². The van der Waals surface area contributed by atoms with Crippen molar-refractivity contribution in [3.63, 3.8) is 0 Å². The smallest absolute Gasteiger partial charge is 0.450 e. The number of ether oxygens (including phenoxy) is 3. The first-order chi connectivity index (χ1) is 16.7. The van der Waals surface area contributed by atoms with Gasteiger partial charge >= 0.3 is 6.18 Å². The molecule has 0 atom stereocenters. The summed E-state index contributed by atoms with van der Waals surface area (Å²) < 4.78 is 63.4. The molecule has 0 spiro atoms. The highest BCUT2D eigenvalue weighted by atomic mass is 35.5. The summed E-state index contributed by atoms with van der Waals surface area (Å²) in [6.07, 6.45) is -4.90. The SMILES string of the molecule is O=c1c(-c2ccc(Cl)cc2)c(C(F)(F)F)oc2cc(OCc3cc(Cl)cc4c3OCOC4)ccc12. The molecule has 1 aliphatic rings. The minimum absolute atomic E-state index is 0.0177. The maximum absolute atomic E-state index is 13.9. The predicted octanol–water partition coefficient (Wildman–Crippen LogP) is 7.23. The highest BCUT2D eigenvalue weighted by Gasteiger charge is 2.39. The number of halogens is 5. The molecule has 35 heavy (non-hydrogen) atoms. The standard InChI is InChI=1S/C25H15Cl2F3O5/c26-16-3-1-13(2-4-16)21-22(31)19-6-5-18(9-20(19)35-24(21)25(28,29)30)33-11-15-8-17(27)7-14-10-32-12-34-23(14)15/h1-9H,10-12H2. The second-order valence-corrected chi connectivity index (χ2v) is 8.62. The molecule has 1 aliphatic heterocycles. The highest BCUT2D eigenvalue weighted by molar-refractivity contribution is 6.31. The molecule has 0 radical (unpaired) electrons. The van der Waals surface area contributed by atoms with Crippen molar-refractivity contribution in [3.05, 3.63) is 91.8 Å².